The molecule has 0 spiro atoms. The van der Waals surface area contributed by atoms with Gasteiger partial charge < -0.3 is 5.11 Å². The average Bonchev–Trinajstić information content (AvgIpc) is 3.24. The van der Waals surface area contributed by atoms with Gasteiger partial charge in [-0.15, -0.1) is 5.10 Å². The highest BCUT2D eigenvalue weighted by molar-refractivity contribution is 6.02. The number of carboxylic acid groups (broad SMARTS) is 1. The van der Waals surface area contributed by atoms with Crippen molar-refractivity contribution in [1.82, 2.24) is 24.5 Å². The van der Waals surface area contributed by atoms with Crippen LogP contribution >= 0.6 is 0 Å². The molecule has 0 aliphatic heterocycles. The summed E-state index contributed by atoms with van der Waals surface area (Å²) in [6.07, 6.45) is 4.06. The van der Waals surface area contributed by atoms with Gasteiger partial charge >= 0.3 is 5.97 Å². The highest BCUT2D eigenvalue weighted by Crippen LogP contribution is 2.09. The Morgan fingerprint density at radius 1 is 1.23 bits per heavy atom. The normalized spacial score (nSPS) is 10.7. The van der Waals surface area contributed by atoms with E-state index in [9.17, 15) is 14.0 Å². The molecular formula is C16H15FN6O3. The zero-order valence-electron chi connectivity index (χ0n) is 13.5. The molecule has 26 heavy (non-hydrogen) atoms. The number of aromatic nitrogens is 5. The minimum atomic E-state index is -0.948. The summed E-state index contributed by atoms with van der Waals surface area (Å²) in [5.41, 5.74) is 0.704. The van der Waals surface area contributed by atoms with Crippen molar-refractivity contribution in [3.63, 3.8) is 0 Å². The lowest BCUT2D eigenvalue weighted by molar-refractivity contribution is -0.137. The Morgan fingerprint density at radius 3 is 2.81 bits per heavy atom. The quantitative estimate of drug-likeness (QED) is 0.659. The fourth-order valence-corrected chi connectivity index (χ4v) is 2.22. The number of nitrogens with zero attached hydrogens (tertiary/aromatic N) is 5. The Balaban J connectivity index is 1.61. The second-order valence-corrected chi connectivity index (χ2v) is 5.45. The highest BCUT2D eigenvalue weighted by atomic mass is 19.1. The van der Waals surface area contributed by atoms with Crippen LogP contribution in [0, 0.1) is 5.82 Å². The lowest BCUT2D eigenvalue weighted by Crippen LogP contribution is -2.13. The van der Waals surface area contributed by atoms with Crippen molar-refractivity contribution in [2.75, 3.05) is 5.32 Å². The largest absolute Gasteiger partial charge is 0.481 e. The van der Waals surface area contributed by atoms with Crippen molar-refractivity contribution in [2.24, 2.45) is 0 Å². The van der Waals surface area contributed by atoms with Gasteiger partial charge in [0.25, 0.3) is 5.91 Å². The van der Waals surface area contributed by atoms with E-state index in [1.165, 1.54) is 34.2 Å². The monoisotopic (exact) mass is 358 g/mol. The molecule has 134 valence electrons. The molecule has 0 unspecified atom stereocenters. The molecule has 0 fully saturated rings. The van der Waals surface area contributed by atoms with Gasteiger partial charge in [0, 0.05) is 11.8 Å². The Morgan fingerprint density at radius 2 is 2.04 bits per heavy atom. The summed E-state index contributed by atoms with van der Waals surface area (Å²) < 4.78 is 16.4. The van der Waals surface area contributed by atoms with Crippen LogP contribution in [0.15, 0.2) is 43.0 Å². The van der Waals surface area contributed by atoms with Crippen molar-refractivity contribution >= 4 is 17.8 Å². The molecule has 0 bridgehead atoms. The van der Waals surface area contributed by atoms with E-state index in [4.69, 9.17) is 5.11 Å². The number of nitrogens with one attached hydrogen (secondary N) is 1. The van der Waals surface area contributed by atoms with Gasteiger partial charge in [0.05, 0.1) is 31.3 Å². The number of carboxylic acids is 1. The molecule has 3 aromatic rings. The van der Waals surface area contributed by atoms with E-state index in [1.54, 1.807) is 18.2 Å². The number of aliphatic carboxylic acids is 1. The number of carbonyl (C=O) groups excluding carboxylic acids is 1. The van der Waals surface area contributed by atoms with Crippen molar-refractivity contribution < 1.29 is 19.1 Å². The lowest BCUT2D eigenvalue weighted by Gasteiger charge is -2.02. The minimum Gasteiger partial charge on any atom is -0.481 e. The van der Waals surface area contributed by atoms with Crippen LogP contribution in [0.2, 0.25) is 0 Å². The van der Waals surface area contributed by atoms with Gasteiger partial charge in [0.2, 0.25) is 5.95 Å². The van der Waals surface area contributed by atoms with E-state index in [-0.39, 0.29) is 36.8 Å². The standard InChI is InChI=1S/C16H15FN6O3/c17-13-4-2-1-3-11(13)8-23-10-18-16(21-23)20-15(26)12-7-19-22(9-12)6-5-14(24)25/h1-4,7,9-10H,5-6,8H2,(H,24,25)(H,20,21,26). The summed E-state index contributed by atoms with van der Waals surface area (Å²) in [6.45, 7) is 0.348. The van der Waals surface area contributed by atoms with Crippen molar-refractivity contribution in [3.8, 4) is 0 Å². The van der Waals surface area contributed by atoms with E-state index >= 15 is 0 Å². The maximum atomic E-state index is 13.7. The molecule has 1 aromatic carbocycles. The molecule has 0 radical (unpaired) electrons. The lowest BCUT2D eigenvalue weighted by atomic mass is 10.2. The minimum absolute atomic E-state index is 0.0737. The Bertz CT molecular complexity index is 935. The van der Waals surface area contributed by atoms with E-state index in [2.05, 4.69) is 20.5 Å². The Kier molecular flexibility index (Phi) is 5.02. The maximum absolute atomic E-state index is 13.7. The molecule has 9 nitrogen and oxygen atoms in total. The number of aryl methyl sites for hydroxylation is 1. The van der Waals surface area contributed by atoms with Gasteiger partial charge in [-0.3, -0.25) is 19.6 Å². The smallest absolute Gasteiger partial charge is 0.305 e. The van der Waals surface area contributed by atoms with E-state index < -0.39 is 11.9 Å². The summed E-state index contributed by atoms with van der Waals surface area (Å²) in [5, 5.41) is 19.2. The van der Waals surface area contributed by atoms with Crippen LogP contribution in [0.25, 0.3) is 0 Å². The molecule has 2 heterocycles. The predicted molar refractivity (Wildman–Crippen MR) is 88.0 cm³/mol. The number of benzene rings is 1. The second-order valence-electron chi connectivity index (χ2n) is 5.45. The van der Waals surface area contributed by atoms with Gasteiger partial charge in [-0.2, -0.15) is 5.10 Å². The molecule has 2 N–H and O–H groups in total. The number of rotatable bonds is 7. The number of hydrogen-bond donors (Lipinski definition) is 2. The summed E-state index contributed by atoms with van der Waals surface area (Å²) in [5.74, 6) is -1.70. The number of anilines is 1. The van der Waals surface area contributed by atoms with Crippen LogP contribution in [0.5, 0.6) is 0 Å². The molecule has 3 rings (SSSR count). The van der Waals surface area contributed by atoms with Gasteiger partial charge in [0.1, 0.15) is 12.1 Å². The first-order valence-electron chi connectivity index (χ1n) is 7.70. The van der Waals surface area contributed by atoms with Crippen LogP contribution < -0.4 is 5.32 Å². The van der Waals surface area contributed by atoms with E-state index in [0.29, 0.717) is 5.56 Å². The predicted octanol–water partition coefficient (Wildman–Crippen LogP) is 1.39. The third kappa shape index (κ3) is 4.29. The molecule has 10 heteroatoms. The number of carbonyl (C=O) groups is 2. The maximum Gasteiger partial charge on any atom is 0.305 e. The number of amides is 1. The third-order valence-electron chi connectivity index (χ3n) is 3.50. The molecule has 1 amide bonds. The fourth-order valence-electron chi connectivity index (χ4n) is 2.22. The van der Waals surface area contributed by atoms with Crippen LogP contribution in [-0.4, -0.2) is 41.5 Å². The van der Waals surface area contributed by atoms with E-state index in [0.717, 1.165) is 0 Å². The summed E-state index contributed by atoms with van der Waals surface area (Å²) in [6, 6.07) is 6.32. The molecule has 0 atom stereocenters. The van der Waals surface area contributed by atoms with Crippen molar-refractivity contribution in [1.29, 1.82) is 0 Å². The Hall–Kier alpha value is -3.56. The van der Waals surface area contributed by atoms with Crippen molar-refractivity contribution in [2.45, 2.75) is 19.5 Å². The molecular weight excluding hydrogens is 343 g/mol. The third-order valence-corrected chi connectivity index (χ3v) is 3.50. The van der Waals surface area contributed by atoms with Crippen LogP contribution in [0.3, 0.4) is 0 Å². The Labute approximate surface area is 147 Å². The summed E-state index contributed by atoms with van der Waals surface area (Å²) in [7, 11) is 0. The zero-order chi connectivity index (χ0) is 18.5. The topological polar surface area (TPSA) is 115 Å². The number of halogens is 1. The summed E-state index contributed by atoms with van der Waals surface area (Å²) in [4.78, 5) is 26.7. The molecule has 0 saturated carbocycles. The first-order chi connectivity index (χ1) is 12.5. The van der Waals surface area contributed by atoms with Gasteiger partial charge in [-0.1, -0.05) is 18.2 Å². The SMILES string of the molecule is O=C(O)CCn1cc(C(=O)Nc2ncn(Cc3ccccc3F)n2)cn1. The first kappa shape index (κ1) is 17.3. The van der Waals surface area contributed by atoms with Crippen LogP contribution in [0.1, 0.15) is 22.3 Å². The molecule has 2 aromatic heterocycles. The van der Waals surface area contributed by atoms with Gasteiger partial charge in [0.15, 0.2) is 0 Å². The molecule has 0 aliphatic carbocycles. The highest BCUT2D eigenvalue weighted by Gasteiger charge is 2.12. The van der Waals surface area contributed by atoms with Gasteiger partial charge in [-0.25, -0.2) is 14.1 Å². The van der Waals surface area contributed by atoms with Crippen LogP contribution in [-0.2, 0) is 17.9 Å². The van der Waals surface area contributed by atoms with Crippen LogP contribution in [0.4, 0.5) is 10.3 Å². The van der Waals surface area contributed by atoms with E-state index in [1.807, 2.05) is 0 Å². The fraction of sp³-hybridized carbons (Fsp3) is 0.188. The second kappa shape index (κ2) is 7.55. The van der Waals surface area contributed by atoms with Crippen molar-refractivity contribution in [3.05, 3.63) is 59.9 Å². The number of hydrogen-bond acceptors (Lipinski definition) is 5. The molecule has 0 saturated heterocycles. The zero-order valence-corrected chi connectivity index (χ0v) is 13.5. The average molecular weight is 358 g/mol. The molecule has 0 aliphatic rings. The first-order valence-corrected chi connectivity index (χ1v) is 7.70. The summed E-state index contributed by atoms with van der Waals surface area (Å²) >= 11 is 0. The van der Waals surface area contributed by atoms with Gasteiger partial charge in [-0.05, 0) is 6.07 Å².